The first-order valence-electron chi connectivity index (χ1n) is 19.8. The van der Waals surface area contributed by atoms with Crippen LogP contribution in [0.5, 0.6) is 0 Å². The van der Waals surface area contributed by atoms with Gasteiger partial charge in [0.15, 0.2) is 0 Å². The van der Waals surface area contributed by atoms with Crippen molar-refractivity contribution in [3.05, 3.63) is 194 Å². The number of para-hydroxylation sites is 3. The van der Waals surface area contributed by atoms with E-state index < -0.39 is 0 Å². The van der Waals surface area contributed by atoms with E-state index in [2.05, 4.69) is 173 Å². The van der Waals surface area contributed by atoms with Crippen molar-refractivity contribution < 1.29 is 0 Å². The highest BCUT2D eigenvalue weighted by atomic mass is 14.9. The number of hydrogen-bond acceptors (Lipinski definition) is 1. The Hall–Kier alpha value is -7.93. The molecule has 0 saturated carbocycles. The van der Waals surface area contributed by atoms with Crippen LogP contribution in [-0.2, 0) is 0 Å². The second-order valence-corrected chi connectivity index (χ2v) is 15.6. The normalized spacial score (nSPS) is 12.1. The molecule has 0 aliphatic heterocycles. The fourth-order valence-electron chi connectivity index (χ4n) is 9.99. The minimum absolute atomic E-state index is 0.653. The highest BCUT2D eigenvalue weighted by molar-refractivity contribution is 6.26. The largest absolute Gasteiger partial charge is 0.308 e. The summed E-state index contributed by atoms with van der Waals surface area (Å²) >= 11 is 0. The summed E-state index contributed by atoms with van der Waals surface area (Å²) in [6, 6.07) is 70.6. The molecule has 3 heteroatoms. The molecule has 4 heterocycles. The molecule has 0 aliphatic rings. The quantitative estimate of drug-likeness (QED) is 0.177. The van der Waals surface area contributed by atoms with E-state index in [0.717, 1.165) is 27.8 Å². The molecule has 0 fully saturated rings. The van der Waals surface area contributed by atoms with Crippen LogP contribution in [-0.4, -0.2) is 8.80 Å². The van der Waals surface area contributed by atoms with E-state index in [1.165, 1.54) is 92.9 Å². The molecule has 0 atom stereocenters. The van der Waals surface area contributed by atoms with Gasteiger partial charge in [-0.1, -0.05) is 115 Å². The zero-order chi connectivity index (χ0) is 38.1. The smallest absolute Gasteiger partial charge is 0.0992 e. The standard InChI is InChI=1S/C55H31N3/c56-32-33-24-39(34-10-2-1-3-11-34)27-40(25-33)35-12-8-13-36(26-35)41-30-48-43-15-5-7-19-51(43)58-53-23-21-38(29-47(53)49(31-41)55(48)58)37-20-22-52-46(28-37)45-17-9-16-44-42-14-4-6-18-50(42)57(52)54(44)45/h1-31H. The van der Waals surface area contributed by atoms with E-state index in [4.69, 9.17) is 0 Å². The van der Waals surface area contributed by atoms with E-state index in [1.807, 2.05) is 30.3 Å². The predicted molar refractivity (Wildman–Crippen MR) is 242 cm³/mol. The second-order valence-electron chi connectivity index (χ2n) is 15.6. The third-order valence-electron chi connectivity index (χ3n) is 12.6. The lowest BCUT2D eigenvalue weighted by Crippen LogP contribution is -1.86. The highest BCUT2D eigenvalue weighted by Crippen LogP contribution is 2.45. The van der Waals surface area contributed by atoms with Gasteiger partial charge in [-0.25, -0.2) is 0 Å². The molecule has 4 aromatic heterocycles. The molecule has 0 N–H and O–H groups in total. The molecule has 0 unspecified atom stereocenters. The first-order valence-corrected chi connectivity index (χ1v) is 19.8. The maximum atomic E-state index is 10.00. The lowest BCUT2D eigenvalue weighted by atomic mass is 9.93. The van der Waals surface area contributed by atoms with Crippen LogP contribution in [0.25, 0.3) is 121 Å². The van der Waals surface area contributed by atoms with Crippen LogP contribution in [0.4, 0.5) is 0 Å². The van der Waals surface area contributed by atoms with Crippen LogP contribution < -0.4 is 0 Å². The van der Waals surface area contributed by atoms with Gasteiger partial charge in [0.2, 0.25) is 0 Å². The first-order chi connectivity index (χ1) is 28.7. The Bertz CT molecular complexity index is 3860. The van der Waals surface area contributed by atoms with Crippen LogP contribution in [0.1, 0.15) is 5.56 Å². The molecule has 0 bridgehead atoms. The Morgan fingerprint density at radius 2 is 0.672 bits per heavy atom. The summed E-state index contributed by atoms with van der Waals surface area (Å²) in [6.45, 7) is 0. The topological polar surface area (TPSA) is 32.6 Å². The van der Waals surface area contributed by atoms with Crippen molar-refractivity contribution in [3.8, 4) is 50.6 Å². The van der Waals surface area contributed by atoms with Gasteiger partial charge < -0.3 is 8.80 Å². The summed E-state index contributed by atoms with van der Waals surface area (Å²) in [5, 5.41) is 20.2. The van der Waals surface area contributed by atoms with Crippen LogP contribution >= 0.6 is 0 Å². The molecule has 13 aromatic rings. The first kappa shape index (κ1) is 31.3. The van der Waals surface area contributed by atoms with Gasteiger partial charge in [-0.2, -0.15) is 5.26 Å². The fourth-order valence-corrected chi connectivity index (χ4v) is 9.99. The van der Waals surface area contributed by atoms with Crippen molar-refractivity contribution in [2.24, 2.45) is 0 Å². The van der Waals surface area contributed by atoms with Crippen molar-refractivity contribution in [2.45, 2.75) is 0 Å². The summed E-state index contributed by atoms with van der Waals surface area (Å²) in [6.07, 6.45) is 0. The van der Waals surface area contributed by atoms with Crippen molar-refractivity contribution >= 4 is 76.2 Å². The van der Waals surface area contributed by atoms with Crippen LogP contribution in [0, 0.1) is 11.3 Å². The van der Waals surface area contributed by atoms with E-state index in [0.29, 0.717) is 5.56 Å². The van der Waals surface area contributed by atoms with Crippen LogP contribution in [0.2, 0.25) is 0 Å². The van der Waals surface area contributed by atoms with E-state index in [1.54, 1.807) is 0 Å². The molecule has 13 rings (SSSR count). The molecule has 3 nitrogen and oxygen atoms in total. The van der Waals surface area contributed by atoms with Gasteiger partial charge in [0.1, 0.15) is 0 Å². The molecule has 0 amide bonds. The Balaban J connectivity index is 1.00. The summed E-state index contributed by atoms with van der Waals surface area (Å²) < 4.78 is 4.90. The molecule has 0 aliphatic carbocycles. The summed E-state index contributed by atoms with van der Waals surface area (Å²) in [7, 11) is 0. The average molecular weight is 734 g/mol. The third-order valence-corrected chi connectivity index (χ3v) is 12.6. The number of hydrogen-bond donors (Lipinski definition) is 0. The zero-order valence-electron chi connectivity index (χ0n) is 31.2. The summed E-state index contributed by atoms with van der Waals surface area (Å²) in [4.78, 5) is 0. The molecule has 58 heavy (non-hydrogen) atoms. The number of aromatic nitrogens is 2. The molecule has 0 saturated heterocycles. The fraction of sp³-hybridized carbons (Fsp3) is 0. The summed E-state index contributed by atoms with van der Waals surface area (Å²) in [5.41, 5.74) is 17.1. The van der Waals surface area contributed by atoms with Gasteiger partial charge in [0.25, 0.3) is 0 Å². The highest BCUT2D eigenvalue weighted by Gasteiger charge is 2.21. The SMILES string of the molecule is N#Cc1cc(-c2ccccc2)cc(-c2cccc(-c3cc4c5ccccc5n5c6ccc(-c7ccc8c(c7)c7cccc9c%10ccccc%10n8c97)cc6c(c3)c45)c2)c1. The third kappa shape index (κ3) is 4.26. The Labute approximate surface area is 333 Å². The predicted octanol–water partition coefficient (Wildman–Crippen LogP) is 14.5. The van der Waals surface area contributed by atoms with E-state index >= 15 is 0 Å². The monoisotopic (exact) mass is 733 g/mol. The molecule has 0 spiro atoms. The Kier molecular flexibility index (Phi) is 6.23. The number of fused-ring (bicyclic) bond motifs is 12. The van der Waals surface area contributed by atoms with Crippen molar-refractivity contribution in [2.75, 3.05) is 0 Å². The minimum Gasteiger partial charge on any atom is -0.308 e. The van der Waals surface area contributed by atoms with E-state index in [9.17, 15) is 5.26 Å². The molecule has 266 valence electrons. The maximum Gasteiger partial charge on any atom is 0.0992 e. The zero-order valence-corrected chi connectivity index (χ0v) is 31.2. The maximum absolute atomic E-state index is 10.00. The molecular weight excluding hydrogens is 703 g/mol. The average Bonchev–Trinajstić information content (AvgIpc) is 4.02. The Morgan fingerprint density at radius 3 is 1.33 bits per heavy atom. The molecule has 0 radical (unpaired) electrons. The van der Waals surface area contributed by atoms with Gasteiger partial charge in [0, 0.05) is 43.1 Å². The van der Waals surface area contributed by atoms with Crippen LogP contribution in [0.3, 0.4) is 0 Å². The van der Waals surface area contributed by atoms with Gasteiger partial charge in [-0.05, 0) is 117 Å². The van der Waals surface area contributed by atoms with Crippen molar-refractivity contribution in [1.82, 2.24) is 8.80 Å². The lowest BCUT2D eigenvalue weighted by Gasteiger charge is -2.10. The number of nitrogens with zero attached hydrogens (tertiary/aromatic N) is 3. The van der Waals surface area contributed by atoms with Gasteiger partial charge in [0.05, 0.1) is 44.7 Å². The Morgan fingerprint density at radius 1 is 0.276 bits per heavy atom. The van der Waals surface area contributed by atoms with Crippen molar-refractivity contribution in [1.29, 1.82) is 5.26 Å². The number of benzene rings is 9. The molecular formula is C55H31N3. The van der Waals surface area contributed by atoms with Gasteiger partial charge in [-0.3, -0.25) is 0 Å². The van der Waals surface area contributed by atoms with Gasteiger partial charge in [-0.15, -0.1) is 0 Å². The van der Waals surface area contributed by atoms with Gasteiger partial charge >= 0.3 is 0 Å². The lowest BCUT2D eigenvalue weighted by molar-refractivity contribution is 1.37. The van der Waals surface area contributed by atoms with Crippen LogP contribution in [0.15, 0.2) is 188 Å². The molecule has 9 aromatic carbocycles. The summed E-state index contributed by atoms with van der Waals surface area (Å²) in [5.74, 6) is 0. The van der Waals surface area contributed by atoms with E-state index in [-0.39, 0.29) is 0 Å². The van der Waals surface area contributed by atoms with Crippen molar-refractivity contribution in [3.63, 3.8) is 0 Å². The number of rotatable bonds is 4. The second kappa shape index (κ2) is 11.6. The minimum atomic E-state index is 0.653. The number of nitriles is 1.